The molecular weight excluding hydrogens is 431 g/mol. The van der Waals surface area contributed by atoms with E-state index in [1.54, 1.807) is 0 Å². The van der Waals surface area contributed by atoms with E-state index in [1.165, 1.54) is 3.57 Å². The van der Waals surface area contributed by atoms with Crippen molar-refractivity contribution in [3.63, 3.8) is 0 Å². The van der Waals surface area contributed by atoms with E-state index in [4.69, 9.17) is 9.47 Å². The molecule has 0 radical (unpaired) electrons. The zero-order chi connectivity index (χ0) is 18.3. The fourth-order valence-electron chi connectivity index (χ4n) is 2.86. The van der Waals surface area contributed by atoms with Gasteiger partial charge in [0, 0.05) is 22.7 Å². The van der Waals surface area contributed by atoms with Crippen LogP contribution in [0.5, 0.6) is 5.75 Å². The molecule has 1 aromatic rings. The number of halogens is 1. The van der Waals surface area contributed by atoms with Crippen LogP contribution in [0.25, 0.3) is 0 Å². The summed E-state index contributed by atoms with van der Waals surface area (Å²) in [6.45, 7) is 9.30. The molecule has 25 heavy (non-hydrogen) atoms. The number of carbonyl (C=O) groups is 1. The molecule has 0 saturated carbocycles. The first-order valence-corrected chi connectivity index (χ1v) is 10.00. The van der Waals surface area contributed by atoms with Crippen LogP contribution in [-0.4, -0.2) is 48.9 Å². The number of benzene rings is 1. The minimum atomic E-state index is -0.453. The predicted molar refractivity (Wildman–Crippen MR) is 108 cm³/mol. The lowest BCUT2D eigenvalue weighted by molar-refractivity contribution is 0.0471. The number of hydrogen-bond acceptors (Lipinski definition) is 4. The highest BCUT2D eigenvalue weighted by Gasteiger charge is 2.23. The molecule has 1 aromatic carbocycles. The van der Waals surface area contributed by atoms with Crippen molar-refractivity contribution >= 4 is 28.7 Å². The molecule has 1 aliphatic heterocycles. The minimum absolute atomic E-state index is 0.167. The first-order chi connectivity index (χ1) is 11.8. The lowest BCUT2D eigenvalue weighted by Crippen LogP contribution is -2.49. The summed E-state index contributed by atoms with van der Waals surface area (Å²) >= 11 is 2.29. The monoisotopic (exact) mass is 460 g/mol. The van der Waals surface area contributed by atoms with E-state index in [0.29, 0.717) is 6.61 Å². The number of nitrogens with one attached hydrogen (secondary N) is 1. The highest BCUT2D eigenvalue weighted by molar-refractivity contribution is 14.1. The van der Waals surface area contributed by atoms with Crippen LogP contribution >= 0.6 is 22.6 Å². The zero-order valence-electron chi connectivity index (χ0n) is 15.4. The summed E-state index contributed by atoms with van der Waals surface area (Å²) in [5.41, 5.74) is -0.453. The third-order valence-electron chi connectivity index (χ3n) is 3.93. The third-order valence-corrected chi connectivity index (χ3v) is 4.65. The van der Waals surface area contributed by atoms with Crippen LogP contribution in [0.1, 0.15) is 40.0 Å². The number of piperidine rings is 1. The van der Waals surface area contributed by atoms with E-state index < -0.39 is 5.60 Å². The molecule has 1 amide bonds. The Kier molecular flexibility index (Phi) is 7.81. The van der Waals surface area contributed by atoms with Crippen LogP contribution in [0, 0.1) is 3.57 Å². The van der Waals surface area contributed by atoms with Gasteiger partial charge in [-0.1, -0.05) is 0 Å². The third kappa shape index (κ3) is 8.27. The van der Waals surface area contributed by atoms with Gasteiger partial charge in [0.25, 0.3) is 0 Å². The predicted octanol–water partition coefficient (Wildman–Crippen LogP) is 4.05. The molecule has 140 valence electrons. The van der Waals surface area contributed by atoms with E-state index in [-0.39, 0.29) is 12.1 Å². The molecule has 1 fully saturated rings. The molecule has 0 aliphatic carbocycles. The Bertz CT molecular complexity index is 543. The maximum Gasteiger partial charge on any atom is 0.407 e. The van der Waals surface area contributed by atoms with E-state index in [2.05, 4.69) is 32.8 Å². The summed E-state index contributed by atoms with van der Waals surface area (Å²) < 4.78 is 12.3. The number of likely N-dealkylation sites (tertiary alicyclic amines) is 1. The van der Waals surface area contributed by atoms with Gasteiger partial charge < -0.3 is 19.7 Å². The van der Waals surface area contributed by atoms with E-state index in [1.807, 2.05) is 45.0 Å². The SMILES string of the molecule is CC(C)(C)OC(=O)N[C@H]1CCCN(CCCOc2ccc(I)cc2)C1. The van der Waals surface area contributed by atoms with Crippen molar-refractivity contribution in [2.24, 2.45) is 0 Å². The molecule has 6 heteroatoms. The lowest BCUT2D eigenvalue weighted by atomic mass is 10.1. The Balaban J connectivity index is 1.65. The number of hydrogen-bond donors (Lipinski definition) is 1. The maximum atomic E-state index is 11.9. The fourth-order valence-corrected chi connectivity index (χ4v) is 3.22. The average molecular weight is 460 g/mol. The molecule has 1 N–H and O–H groups in total. The van der Waals surface area contributed by atoms with Crippen LogP contribution in [-0.2, 0) is 4.74 Å². The van der Waals surface area contributed by atoms with Crippen molar-refractivity contribution in [1.82, 2.24) is 10.2 Å². The maximum absolute atomic E-state index is 11.9. The van der Waals surface area contributed by atoms with Crippen molar-refractivity contribution in [2.45, 2.75) is 51.7 Å². The first-order valence-electron chi connectivity index (χ1n) is 8.92. The van der Waals surface area contributed by atoms with Gasteiger partial charge in [0.15, 0.2) is 0 Å². The van der Waals surface area contributed by atoms with Crippen molar-refractivity contribution in [2.75, 3.05) is 26.2 Å². The Morgan fingerprint density at radius 1 is 1.32 bits per heavy atom. The van der Waals surface area contributed by atoms with Gasteiger partial charge in [0.05, 0.1) is 6.61 Å². The molecular formula is C19H29IN2O3. The molecule has 0 spiro atoms. The minimum Gasteiger partial charge on any atom is -0.494 e. The summed E-state index contributed by atoms with van der Waals surface area (Å²) in [6, 6.07) is 8.27. The highest BCUT2D eigenvalue weighted by Crippen LogP contribution is 2.15. The Hall–Kier alpha value is -1.02. The first kappa shape index (κ1) is 20.3. The van der Waals surface area contributed by atoms with Gasteiger partial charge in [-0.25, -0.2) is 4.79 Å². The zero-order valence-corrected chi connectivity index (χ0v) is 17.5. The summed E-state index contributed by atoms with van der Waals surface area (Å²) in [6.07, 6.45) is 2.76. The molecule has 2 rings (SSSR count). The summed E-state index contributed by atoms with van der Waals surface area (Å²) in [4.78, 5) is 14.3. The van der Waals surface area contributed by atoms with Crippen LogP contribution < -0.4 is 10.1 Å². The van der Waals surface area contributed by atoms with Gasteiger partial charge in [0.2, 0.25) is 0 Å². The van der Waals surface area contributed by atoms with Gasteiger partial charge in [0.1, 0.15) is 11.4 Å². The second-order valence-corrected chi connectivity index (χ2v) is 8.69. The standard InChI is InChI=1S/C19H29IN2O3/c1-19(2,3)25-18(23)21-16-6-4-11-22(14-16)12-5-13-24-17-9-7-15(20)8-10-17/h7-10,16H,4-6,11-14H2,1-3H3,(H,21,23)/t16-/m0/s1. The Morgan fingerprint density at radius 2 is 2.04 bits per heavy atom. The van der Waals surface area contributed by atoms with E-state index in [9.17, 15) is 4.79 Å². The van der Waals surface area contributed by atoms with E-state index in [0.717, 1.165) is 44.6 Å². The second-order valence-electron chi connectivity index (χ2n) is 7.44. The second kappa shape index (κ2) is 9.62. The van der Waals surface area contributed by atoms with Crippen molar-refractivity contribution < 1.29 is 14.3 Å². The van der Waals surface area contributed by atoms with Crippen LogP contribution in [0.3, 0.4) is 0 Å². The van der Waals surface area contributed by atoms with Gasteiger partial charge in [-0.3, -0.25) is 0 Å². The highest BCUT2D eigenvalue weighted by atomic mass is 127. The normalized spacial score (nSPS) is 18.6. The smallest absolute Gasteiger partial charge is 0.407 e. The van der Waals surface area contributed by atoms with Crippen molar-refractivity contribution in [3.8, 4) is 5.75 Å². The Labute approximate surface area is 164 Å². The molecule has 1 saturated heterocycles. The largest absolute Gasteiger partial charge is 0.494 e. The van der Waals surface area contributed by atoms with Gasteiger partial charge >= 0.3 is 6.09 Å². The molecule has 1 heterocycles. The topological polar surface area (TPSA) is 50.8 Å². The summed E-state index contributed by atoms with van der Waals surface area (Å²) in [5.74, 6) is 0.920. The van der Waals surface area contributed by atoms with Crippen LogP contribution in [0.15, 0.2) is 24.3 Å². The average Bonchev–Trinajstić information content (AvgIpc) is 2.52. The van der Waals surface area contributed by atoms with E-state index >= 15 is 0 Å². The lowest BCUT2D eigenvalue weighted by Gasteiger charge is -2.33. The molecule has 0 aromatic heterocycles. The number of carbonyl (C=O) groups excluding carboxylic acids is 1. The summed E-state index contributed by atoms with van der Waals surface area (Å²) in [7, 11) is 0. The fraction of sp³-hybridized carbons (Fsp3) is 0.632. The number of nitrogens with zero attached hydrogens (tertiary/aromatic N) is 1. The quantitative estimate of drug-likeness (QED) is 0.514. The van der Waals surface area contributed by atoms with Crippen LogP contribution in [0.4, 0.5) is 4.79 Å². The number of rotatable bonds is 6. The van der Waals surface area contributed by atoms with Crippen molar-refractivity contribution in [1.29, 1.82) is 0 Å². The van der Waals surface area contributed by atoms with Gasteiger partial charge in [-0.05, 0) is 93.4 Å². The number of alkyl carbamates (subject to hydrolysis) is 1. The molecule has 0 bridgehead atoms. The number of ether oxygens (including phenoxy) is 2. The molecule has 0 unspecified atom stereocenters. The van der Waals surface area contributed by atoms with Gasteiger partial charge in [-0.15, -0.1) is 0 Å². The number of amides is 1. The van der Waals surface area contributed by atoms with Crippen molar-refractivity contribution in [3.05, 3.63) is 27.8 Å². The molecule has 1 aliphatic rings. The van der Waals surface area contributed by atoms with Gasteiger partial charge in [-0.2, -0.15) is 0 Å². The summed E-state index contributed by atoms with van der Waals surface area (Å²) in [5, 5.41) is 2.99. The molecule has 5 nitrogen and oxygen atoms in total. The Morgan fingerprint density at radius 3 is 2.72 bits per heavy atom. The van der Waals surface area contributed by atoms with Crippen LogP contribution in [0.2, 0.25) is 0 Å². The molecule has 1 atom stereocenters.